The molecule has 0 radical (unpaired) electrons. The number of carbonyl (C=O) groups is 2. The van der Waals surface area contributed by atoms with Crippen molar-refractivity contribution in [2.45, 2.75) is 18.8 Å². The molecule has 4 nitrogen and oxygen atoms in total. The quantitative estimate of drug-likeness (QED) is 0.745. The molecule has 0 N–H and O–H groups in total. The summed E-state index contributed by atoms with van der Waals surface area (Å²) in [7, 11) is 1.54. The van der Waals surface area contributed by atoms with Gasteiger partial charge in [-0.2, -0.15) is 0 Å². The van der Waals surface area contributed by atoms with Gasteiger partial charge < -0.3 is 4.74 Å². The second-order valence-electron chi connectivity index (χ2n) is 7.79. The Hall–Kier alpha value is -2.33. The number of hydrogen-bond donors (Lipinski definition) is 0. The number of fused-ring (bicyclic) bond motifs is 5. The minimum absolute atomic E-state index is 0.0930. The van der Waals surface area contributed by atoms with Crippen LogP contribution in [0.25, 0.3) is 0 Å². The smallest absolute Gasteiger partial charge is 0.238 e. The number of hydrogen-bond acceptors (Lipinski definition) is 3. The van der Waals surface area contributed by atoms with Gasteiger partial charge in [0, 0.05) is 5.02 Å². The molecule has 0 spiro atoms. The summed E-state index contributed by atoms with van der Waals surface area (Å²) in [4.78, 5) is 27.9. The van der Waals surface area contributed by atoms with Gasteiger partial charge in [0.2, 0.25) is 11.8 Å². The summed E-state index contributed by atoms with van der Waals surface area (Å²) in [6.45, 7) is 0. The Morgan fingerprint density at radius 1 is 1.00 bits per heavy atom. The molecule has 2 saturated carbocycles. The normalized spacial score (nSPS) is 31.5. The van der Waals surface area contributed by atoms with Gasteiger partial charge in [-0.3, -0.25) is 9.59 Å². The zero-order valence-corrected chi connectivity index (χ0v) is 15.7. The number of benzene rings is 2. The third kappa shape index (κ3) is 2.36. The Labute approximate surface area is 163 Å². The summed E-state index contributed by atoms with van der Waals surface area (Å²) in [5.74, 6) is 0.730. The van der Waals surface area contributed by atoms with E-state index in [1.165, 1.54) is 17.6 Å². The molecule has 1 heterocycles. The Morgan fingerprint density at radius 2 is 1.74 bits per heavy atom. The van der Waals surface area contributed by atoms with Crippen LogP contribution in [-0.4, -0.2) is 18.9 Å². The molecular formula is C22H20ClNO3. The van der Waals surface area contributed by atoms with Gasteiger partial charge in [0.1, 0.15) is 5.75 Å². The number of ether oxygens (including phenoxy) is 1. The maximum Gasteiger partial charge on any atom is 0.238 e. The van der Waals surface area contributed by atoms with E-state index in [1.54, 1.807) is 18.2 Å². The van der Waals surface area contributed by atoms with Crippen LogP contribution in [0.1, 0.15) is 24.3 Å². The number of methoxy groups -OCH3 is 1. The van der Waals surface area contributed by atoms with Crippen LogP contribution in [0.2, 0.25) is 5.02 Å². The minimum Gasteiger partial charge on any atom is -0.495 e. The minimum atomic E-state index is -0.231. The Bertz CT molecular complexity index is 928. The summed E-state index contributed by atoms with van der Waals surface area (Å²) >= 11 is 6.14. The highest BCUT2D eigenvalue weighted by atomic mass is 35.5. The van der Waals surface area contributed by atoms with Crippen LogP contribution in [0.3, 0.4) is 0 Å². The Morgan fingerprint density at radius 3 is 2.48 bits per heavy atom. The molecule has 2 bridgehead atoms. The lowest BCUT2D eigenvalue weighted by Gasteiger charge is -2.28. The van der Waals surface area contributed by atoms with E-state index in [0.29, 0.717) is 22.4 Å². The van der Waals surface area contributed by atoms with Crippen molar-refractivity contribution in [3.05, 3.63) is 59.1 Å². The van der Waals surface area contributed by atoms with Crippen molar-refractivity contribution in [3.63, 3.8) is 0 Å². The van der Waals surface area contributed by atoms with Crippen LogP contribution in [0, 0.1) is 23.7 Å². The predicted molar refractivity (Wildman–Crippen MR) is 103 cm³/mol. The van der Waals surface area contributed by atoms with Crippen molar-refractivity contribution in [3.8, 4) is 5.75 Å². The van der Waals surface area contributed by atoms with Gasteiger partial charge >= 0.3 is 0 Å². The first-order valence-electron chi connectivity index (χ1n) is 9.36. The van der Waals surface area contributed by atoms with Crippen LogP contribution in [-0.2, 0) is 9.59 Å². The summed E-state index contributed by atoms with van der Waals surface area (Å²) in [5.41, 5.74) is 1.74. The molecule has 3 fully saturated rings. The lowest BCUT2D eigenvalue weighted by atomic mass is 9.73. The summed E-state index contributed by atoms with van der Waals surface area (Å²) in [6, 6.07) is 15.4. The summed E-state index contributed by atoms with van der Waals surface area (Å²) in [6.07, 6.45) is 1.95. The molecule has 2 aliphatic carbocycles. The Kier molecular flexibility index (Phi) is 3.80. The van der Waals surface area contributed by atoms with E-state index in [0.717, 1.165) is 12.8 Å². The van der Waals surface area contributed by atoms with E-state index >= 15 is 0 Å². The van der Waals surface area contributed by atoms with Crippen LogP contribution in [0.4, 0.5) is 5.69 Å². The van der Waals surface area contributed by atoms with Crippen LogP contribution in [0.15, 0.2) is 48.5 Å². The standard InChI is InChI=1S/C22H20ClNO3/c1-27-18-8-7-14(23)11-17(18)24-21(25)19-13-9-15(12-5-3-2-4-6-12)16(10-13)20(19)22(24)26/h2-8,11,13,15-16,19-20H,9-10H2,1H3. The van der Waals surface area contributed by atoms with Gasteiger partial charge in [-0.1, -0.05) is 41.9 Å². The number of carbonyl (C=O) groups excluding carboxylic acids is 2. The molecule has 2 aromatic rings. The van der Waals surface area contributed by atoms with Crippen LogP contribution in [0.5, 0.6) is 5.75 Å². The van der Waals surface area contributed by atoms with Crippen molar-refractivity contribution < 1.29 is 14.3 Å². The average Bonchev–Trinajstić information content (AvgIpc) is 3.34. The van der Waals surface area contributed by atoms with Gasteiger partial charge in [0.05, 0.1) is 24.6 Å². The van der Waals surface area contributed by atoms with Crippen molar-refractivity contribution in [1.82, 2.24) is 0 Å². The first-order valence-corrected chi connectivity index (χ1v) is 9.74. The average molecular weight is 382 g/mol. The van der Waals surface area contributed by atoms with Crippen LogP contribution < -0.4 is 9.64 Å². The fourth-order valence-electron chi connectivity index (χ4n) is 5.62. The van der Waals surface area contributed by atoms with Gasteiger partial charge in [-0.05, 0) is 54.4 Å². The van der Waals surface area contributed by atoms with Gasteiger partial charge in [0.15, 0.2) is 0 Å². The molecule has 2 aromatic carbocycles. The van der Waals surface area contributed by atoms with E-state index in [9.17, 15) is 9.59 Å². The molecule has 1 aliphatic heterocycles. The first-order chi connectivity index (χ1) is 13.1. The first kappa shape index (κ1) is 16.8. The predicted octanol–water partition coefficient (Wildman–Crippen LogP) is 4.28. The van der Waals surface area contributed by atoms with Crippen molar-refractivity contribution >= 4 is 29.1 Å². The molecule has 2 amide bonds. The molecule has 27 heavy (non-hydrogen) atoms. The molecule has 5 heteroatoms. The highest BCUT2D eigenvalue weighted by molar-refractivity contribution is 6.31. The number of amides is 2. The maximum absolute atomic E-state index is 13.4. The van der Waals surface area contributed by atoms with E-state index in [4.69, 9.17) is 16.3 Å². The van der Waals surface area contributed by atoms with E-state index in [-0.39, 0.29) is 35.5 Å². The fraction of sp³-hybridized carbons (Fsp3) is 0.364. The number of halogens is 1. The molecular weight excluding hydrogens is 362 g/mol. The number of anilines is 1. The second kappa shape index (κ2) is 6.10. The fourth-order valence-corrected chi connectivity index (χ4v) is 5.78. The van der Waals surface area contributed by atoms with Gasteiger partial charge in [-0.15, -0.1) is 0 Å². The number of rotatable bonds is 3. The third-order valence-corrected chi connectivity index (χ3v) is 6.86. The lowest BCUT2D eigenvalue weighted by molar-refractivity contribution is -0.123. The van der Waals surface area contributed by atoms with Gasteiger partial charge in [0.25, 0.3) is 0 Å². The lowest BCUT2D eigenvalue weighted by Crippen LogP contribution is -2.33. The highest BCUT2D eigenvalue weighted by Crippen LogP contribution is 2.62. The van der Waals surface area contributed by atoms with E-state index < -0.39 is 0 Å². The second-order valence-corrected chi connectivity index (χ2v) is 8.23. The molecule has 3 aliphatic rings. The van der Waals surface area contributed by atoms with Crippen LogP contribution >= 0.6 is 11.6 Å². The number of nitrogens with zero attached hydrogens (tertiary/aromatic N) is 1. The largest absolute Gasteiger partial charge is 0.495 e. The van der Waals surface area contributed by atoms with Crippen molar-refractivity contribution in [2.24, 2.45) is 23.7 Å². The SMILES string of the molecule is COc1ccc(Cl)cc1N1C(=O)C2C3CC(c4ccccc4)C(C3)C2C1=O. The molecule has 5 atom stereocenters. The molecule has 0 aromatic heterocycles. The Balaban J connectivity index is 1.52. The van der Waals surface area contributed by atoms with E-state index in [2.05, 4.69) is 12.1 Å². The molecule has 138 valence electrons. The van der Waals surface area contributed by atoms with Gasteiger partial charge in [-0.25, -0.2) is 4.90 Å². The van der Waals surface area contributed by atoms with Crippen molar-refractivity contribution in [1.29, 1.82) is 0 Å². The highest BCUT2D eigenvalue weighted by Gasteiger charge is 2.64. The molecule has 5 rings (SSSR count). The zero-order chi connectivity index (χ0) is 18.7. The monoisotopic (exact) mass is 381 g/mol. The topological polar surface area (TPSA) is 46.6 Å². The maximum atomic E-state index is 13.4. The molecule has 1 saturated heterocycles. The number of imide groups is 1. The molecule has 5 unspecified atom stereocenters. The summed E-state index contributed by atoms with van der Waals surface area (Å²) < 4.78 is 5.39. The van der Waals surface area contributed by atoms with E-state index in [1.807, 2.05) is 18.2 Å². The third-order valence-electron chi connectivity index (χ3n) is 6.63. The summed E-state index contributed by atoms with van der Waals surface area (Å²) in [5, 5.41) is 0.480. The van der Waals surface area contributed by atoms with Crippen molar-refractivity contribution in [2.75, 3.05) is 12.0 Å². The zero-order valence-electron chi connectivity index (χ0n) is 15.0.